The standard InChI is InChI=1S/C59H94O6/c1-4-7-10-13-16-19-22-25-28-29-30-32-34-37-40-43-46-49-52-58(61)64-55-56(54-63-57(60)51-48-45-42-39-36-33-27-24-21-18-15-12-9-6-3)65-59(62)53-50-47-44-41-38-35-31-26-23-20-17-14-11-8-5-2/h8,11,14,16-17,19-20,22-23,25-26,28-33,35-36,38,56H,4-7,9-10,12-13,15,18,21,24,27,34,37,39-55H2,1-3H3/b11-8-,17-14-,19-16-,23-20-,25-22-,29-28-,31-26-,32-30-,36-33-,38-35-. The summed E-state index contributed by atoms with van der Waals surface area (Å²) in [5, 5.41) is 0. The molecule has 0 heterocycles. The van der Waals surface area contributed by atoms with Crippen molar-refractivity contribution in [3.63, 3.8) is 0 Å². The number of allylic oxidation sites excluding steroid dienone is 20. The van der Waals surface area contributed by atoms with Crippen LogP contribution in [0.5, 0.6) is 0 Å². The fourth-order valence-corrected chi connectivity index (χ4v) is 6.70. The highest BCUT2D eigenvalue weighted by Crippen LogP contribution is 2.13. The zero-order valence-corrected chi connectivity index (χ0v) is 41.7. The number of unbranched alkanes of at least 4 members (excludes halogenated alkanes) is 21. The van der Waals surface area contributed by atoms with Crippen LogP contribution in [0, 0.1) is 0 Å². The van der Waals surface area contributed by atoms with E-state index in [0.717, 1.165) is 103 Å². The molecule has 0 N–H and O–H groups in total. The number of ether oxygens (including phenoxy) is 3. The molecule has 1 atom stereocenters. The lowest BCUT2D eigenvalue weighted by atomic mass is 10.1. The number of carbonyl (C=O) groups is 3. The van der Waals surface area contributed by atoms with Crippen molar-refractivity contribution < 1.29 is 28.6 Å². The maximum absolute atomic E-state index is 12.8. The second-order valence-electron chi connectivity index (χ2n) is 16.9. The van der Waals surface area contributed by atoms with Gasteiger partial charge in [-0.2, -0.15) is 0 Å². The monoisotopic (exact) mass is 899 g/mol. The van der Waals surface area contributed by atoms with Crippen molar-refractivity contribution in [3.05, 3.63) is 122 Å². The molecule has 366 valence electrons. The van der Waals surface area contributed by atoms with Gasteiger partial charge in [-0.25, -0.2) is 0 Å². The summed E-state index contributed by atoms with van der Waals surface area (Å²) in [4.78, 5) is 38.0. The number of esters is 3. The van der Waals surface area contributed by atoms with Crippen molar-refractivity contribution in [1.82, 2.24) is 0 Å². The molecular weight excluding hydrogens is 805 g/mol. The molecule has 0 aliphatic rings. The van der Waals surface area contributed by atoms with E-state index in [0.29, 0.717) is 19.3 Å². The van der Waals surface area contributed by atoms with Gasteiger partial charge >= 0.3 is 17.9 Å². The molecular formula is C59H94O6. The molecule has 0 aromatic heterocycles. The highest BCUT2D eigenvalue weighted by molar-refractivity contribution is 5.71. The maximum atomic E-state index is 12.8. The maximum Gasteiger partial charge on any atom is 0.306 e. The van der Waals surface area contributed by atoms with Gasteiger partial charge in [0.1, 0.15) is 13.2 Å². The van der Waals surface area contributed by atoms with Crippen LogP contribution < -0.4 is 0 Å². The smallest absolute Gasteiger partial charge is 0.306 e. The molecule has 0 fully saturated rings. The fraction of sp³-hybridized carbons (Fsp3) is 0.610. The summed E-state index contributed by atoms with van der Waals surface area (Å²) in [6, 6.07) is 0. The first-order valence-corrected chi connectivity index (χ1v) is 26.2. The number of carbonyl (C=O) groups excluding carboxylic acids is 3. The average Bonchev–Trinajstić information content (AvgIpc) is 3.30. The lowest BCUT2D eigenvalue weighted by Gasteiger charge is -2.18. The lowest BCUT2D eigenvalue weighted by Crippen LogP contribution is -2.30. The van der Waals surface area contributed by atoms with Gasteiger partial charge in [-0.1, -0.05) is 226 Å². The molecule has 0 spiro atoms. The van der Waals surface area contributed by atoms with Crippen LogP contribution in [0.2, 0.25) is 0 Å². The van der Waals surface area contributed by atoms with E-state index in [4.69, 9.17) is 14.2 Å². The van der Waals surface area contributed by atoms with E-state index >= 15 is 0 Å². The van der Waals surface area contributed by atoms with Gasteiger partial charge in [0.15, 0.2) is 6.10 Å². The Kier molecular flexibility index (Phi) is 49.1. The Hall–Kier alpha value is -4.19. The Morgan fingerprint density at radius 1 is 0.323 bits per heavy atom. The van der Waals surface area contributed by atoms with Crippen molar-refractivity contribution in [1.29, 1.82) is 0 Å². The van der Waals surface area contributed by atoms with E-state index in [1.165, 1.54) is 64.2 Å². The summed E-state index contributed by atoms with van der Waals surface area (Å²) in [6.07, 6.45) is 71.7. The number of hydrogen-bond donors (Lipinski definition) is 0. The third kappa shape index (κ3) is 50.7. The second-order valence-corrected chi connectivity index (χ2v) is 16.9. The van der Waals surface area contributed by atoms with Gasteiger partial charge in [0, 0.05) is 19.3 Å². The van der Waals surface area contributed by atoms with Crippen LogP contribution in [0.25, 0.3) is 0 Å². The molecule has 6 heteroatoms. The lowest BCUT2D eigenvalue weighted by molar-refractivity contribution is -0.167. The van der Waals surface area contributed by atoms with E-state index in [-0.39, 0.29) is 37.5 Å². The van der Waals surface area contributed by atoms with Crippen molar-refractivity contribution in [3.8, 4) is 0 Å². The van der Waals surface area contributed by atoms with Crippen LogP contribution >= 0.6 is 0 Å². The van der Waals surface area contributed by atoms with Crippen LogP contribution in [0.1, 0.15) is 213 Å². The summed E-state index contributed by atoms with van der Waals surface area (Å²) >= 11 is 0. The third-order valence-electron chi connectivity index (χ3n) is 10.6. The fourth-order valence-electron chi connectivity index (χ4n) is 6.70. The van der Waals surface area contributed by atoms with Crippen LogP contribution in [0.4, 0.5) is 0 Å². The zero-order chi connectivity index (χ0) is 47.2. The van der Waals surface area contributed by atoms with Crippen LogP contribution in [0.3, 0.4) is 0 Å². The second kappa shape index (κ2) is 52.4. The van der Waals surface area contributed by atoms with Gasteiger partial charge in [-0.3, -0.25) is 14.4 Å². The van der Waals surface area contributed by atoms with Gasteiger partial charge in [0.2, 0.25) is 0 Å². The summed E-state index contributed by atoms with van der Waals surface area (Å²) in [5.74, 6) is -1.00. The van der Waals surface area contributed by atoms with Gasteiger partial charge in [-0.05, 0) is 89.9 Å². The molecule has 65 heavy (non-hydrogen) atoms. The highest BCUT2D eigenvalue weighted by atomic mass is 16.6. The summed E-state index contributed by atoms with van der Waals surface area (Å²) in [5.41, 5.74) is 0. The number of hydrogen-bond acceptors (Lipinski definition) is 6. The molecule has 0 amide bonds. The molecule has 0 radical (unpaired) electrons. The van der Waals surface area contributed by atoms with E-state index < -0.39 is 6.10 Å². The van der Waals surface area contributed by atoms with E-state index in [2.05, 4.69) is 93.7 Å². The largest absolute Gasteiger partial charge is 0.462 e. The summed E-state index contributed by atoms with van der Waals surface area (Å²) < 4.78 is 16.7. The Morgan fingerprint density at radius 2 is 0.615 bits per heavy atom. The van der Waals surface area contributed by atoms with E-state index in [1.54, 1.807) is 0 Å². The molecule has 0 saturated carbocycles. The molecule has 6 nitrogen and oxygen atoms in total. The van der Waals surface area contributed by atoms with Crippen LogP contribution in [-0.4, -0.2) is 37.2 Å². The van der Waals surface area contributed by atoms with Crippen molar-refractivity contribution >= 4 is 17.9 Å². The van der Waals surface area contributed by atoms with Crippen LogP contribution in [-0.2, 0) is 28.6 Å². The minimum absolute atomic E-state index is 0.115. The topological polar surface area (TPSA) is 78.9 Å². The van der Waals surface area contributed by atoms with Crippen molar-refractivity contribution in [2.75, 3.05) is 13.2 Å². The number of rotatable bonds is 45. The first-order valence-electron chi connectivity index (χ1n) is 26.2. The predicted molar refractivity (Wildman–Crippen MR) is 279 cm³/mol. The first-order chi connectivity index (χ1) is 32.0. The Morgan fingerprint density at radius 3 is 1.03 bits per heavy atom. The highest BCUT2D eigenvalue weighted by Gasteiger charge is 2.19. The third-order valence-corrected chi connectivity index (χ3v) is 10.6. The van der Waals surface area contributed by atoms with Gasteiger partial charge in [-0.15, -0.1) is 0 Å². The zero-order valence-electron chi connectivity index (χ0n) is 41.7. The van der Waals surface area contributed by atoms with Crippen LogP contribution in [0.15, 0.2) is 122 Å². The van der Waals surface area contributed by atoms with E-state index in [9.17, 15) is 14.4 Å². The first kappa shape index (κ1) is 60.8. The normalized spacial score (nSPS) is 13.1. The molecule has 0 bridgehead atoms. The quantitative estimate of drug-likeness (QED) is 0.0199. The molecule has 0 rings (SSSR count). The molecule has 0 saturated heterocycles. The minimum Gasteiger partial charge on any atom is -0.462 e. The van der Waals surface area contributed by atoms with Gasteiger partial charge in [0.25, 0.3) is 0 Å². The minimum atomic E-state index is -0.819. The molecule has 0 aromatic rings. The molecule has 0 aliphatic carbocycles. The summed E-state index contributed by atoms with van der Waals surface area (Å²) in [6.45, 7) is 6.37. The Bertz CT molecular complexity index is 1400. The van der Waals surface area contributed by atoms with Gasteiger partial charge in [0.05, 0.1) is 0 Å². The average molecular weight is 899 g/mol. The van der Waals surface area contributed by atoms with E-state index in [1.807, 2.05) is 48.6 Å². The SMILES string of the molecule is CC\C=C/C=C\C=C/C=C\C=C/CCCCCC(=O)OC(COC(=O)CCCCC/C=C\CCCCCCCCC)COC(=O)CCCCCCC\C=C/C=C\C=C/C=C\CCCCC. The predicted octanol–water partition coefficient (Wildman–Crippen LogP) is 17.3. The van der Waals surface area contributed by atoms with Crippen molar-refractivity contribution in [2.45, 2.75) is 219 Å². The summed E-state index contributed by atoms with van der Waals surface area (Å²) in [7, 11) is 0. The molecule has 0 aliphatic heterocycles. The Labute approximate surface area is 399 Å². The molecule has 0 aromatic carbocycles. The van der Waals surface area contributed by atoms with Gasteiger partial charge < -0.3 is 14.2 Å². The Balaban J connectivity index is 4.56. The van der Waals surface area contributed by atoms with Crippen molar-refractivity contribution in [2.24, 2.45) is 0 Å². The molecule has 1 unspecified atom stereocenters.